The SMILES string of the molecule is CCNCc1cccc(C)c1Pc1cc(C(C)(C)C)cc(C(C)(C)C)c1OCOC. The Balaban J connectivity index is 2.68. The number of ether oxygens (including phenoxy) is 2. The average molecular weight is 430 g/mol. The molecule has 30 heavy (non-hydrogen) atoms. The molecule has 0 spiro atoms. The fourth-order valence-electron chi connectivity index (χ4n) is 3.43. The van der Waals surface area contributed by atoms with Crippen LogP contribution in [0.1, 0.15) is 70.7 Å². The Morgan fingerprint density at radius 2 is 1.70 bits per heavy atom. The van der Waals surface area contributed by atoms with Gasteiger partial charge in [-0.2, -0.15) is 0 Å². The van der Waals surface area contributed by atoms with Crippen molar-refractivity contribution in [2.75, 3.05) is 20.4 Å². The van der Waals surface area contributed by atoms with Crippen molar-refractivity contribution < 1.29 is 9.47 Å². The number of methoxy groups -OCH3 is 1. The van der Waals surface area contributed by atoms with Gasteiger partial charge in [0.05, 0.1) is 0 Å². The largest absolute Gasteiger partial charge is 0.467 e. The van der Waals surface area contributed by atoms with Gasteiger partial charge in [-0.3, -0.25) is 0 Å². The van der Waals surface area contributed by atoms with Gasteiger partial charge in [-0.1, -0.05) is 81.3 Å². The van der Waals surface area contributed by atoms with Gasteiger partial charge in [0.15, 0.2) is 6.79 Å². The van der Waals surface area contributed by atoms with Crippen molar-refractivity contribution in [1.29, 1.82) is 0 Å². The fourth-order valence-corrected chi connectivity index (χ4v) is 4.86. The predicted molar refractivity (Wildman–Crippen MR) is 132 cm³/mol. The number of benzene rings is 2. The molecule has 2 aromatic carbocycles. The zero-order chi connectivity index (χ0) is 22.5. The molecule has 0 bridgehead atoms. The smallest absolute Gasteiger partial charge is 0.188 e. The topological polar surface area (TPSA) is 30.5 Å². The summed E-state index contributed by atoms with van der Waals surface area (Å²) in [6, 6.07) is 11.3. The lowest BCUT2D eigenvalue weighted by molar-refractivity contribution is 0.0506. The van der Waals surface area contributed by atoms with Crippen LogP contribution >= 0.6 is 8.58 Å². The van der Waals surface area contributed by atoms with Crippen LogP contribution in [0.4, 0.5) is 0 Å². The summed E-state index contributed by atoms with van der Waals surface area (Å²) in [6.07, 6.45) is 0. The molecule has 2 aromatic rings. The van der Waals surface area contributed by atoms with Gasteiger partial charge in [0.25, 0.3) is 0 Å². The summed E-state index contributed by atoms with van der Waals surface area (Å²) in [4.78, 5) is 0. The van der Waals surface area contributed by atoms with E-state index in [1.54, 1.807) is 7.11 Å². The summed E-state index contributed by atoms with van der Waals surface area (Å²) in [6.45, 7) is 20.1. The van der Waals surface area contributed by atoms with Crippen molar-refractivity contribution in [1.82, 2.24) is 5.32 Å². The Kier molecular flexibility index (Phi) is 8.51. The van der Waals surface area contributed by atoms with E-state index in [4.69, 9.17) is 9.47 Å². The molecule has 166 valence electrons. The fraction of sp³-hybridized carbons (Fsp3) is 0.538. The van der Waals surface area contributed by atoms with Crippen LogP contribution in [0.2, 0.25) is 0 Å². The molecule has 0 aliphatic rings. The molecule has 0 fully saturated rings. The highest BCUT2D eigenvalue weighted by Gasteiger charge is 2.26. The molecule has 0 aliphatic heterocycles. The highest BCUT2D eigenvalue weighted by Crippen LogP contribution is 2.37. The van der Waals surface area contributed by atoms with Gasteiger partial charge < -0.3 is 14.8 Å². The van der Waals surface area contributed by atoms with E-state index in [0.717, 1.165) is 18.8 Å². The van der Waals surface area contributed by atoms with Crippen LogP contribution in [0.25, 0.3) is 0 Å². The van der Waals surface area contributed by atoms with Crippen LogP contribution in [0.15, 0.2) is 30.3 Å². The third-order valence-electron chi connectivity index (χ3n) is 5.27. The molecular formula is C26H40NO2P. The minimum absolute atomic E-state index is 0.0259. The Morgan fingerprint density at radius 1 is 1.00 bits per heavy atom. The summed E-state index contributed by atoms with van der Waals surface area (Å²) >= 11 is 0. The summed E-state index contributed by atoms with van der Waals surface area (Å²) < 4.78 is 11.5. The molecule has 2 rings (SSSR count). The molecule has 0 heterocycles. The van der Waals surface area contributed by atoms with Gasteiger partial charge >= 0.3 is 0 Å². The first kappa shape index (κ1) is 24.9. The second-order valence-electron chi connectivity index (χ2n) is 9.97. The van der Waals surface area contributed by atoms with Crippen molar-refractivity contribution in [2.45, 2.75) is 72.8 Å². The van der Waals surface area contributed by atoms with Crippen LogP contribution in [-0.4, -0.2) is 20.4 Å². The molecule has 0 radical (unpaired) electrons. The highest BCUT2D eigenvalue weighted by atomic mass is 31.1. The number of hydrogen-bond donors (Lipinski definition) is 1. The van der Waals surface area contributed by atoms with Gasteiger partial charge in [-0.25, -0.2) is 0 Å². The molecule has 1 unspecified atom stereocenters. The molecule has 0 aromatic heterocycles. The van der Waals surface area contributed by atoms with Gasteiger partial charge in [-0.05, 0) is 52.4 Å². The molecular weight excluding hydrogens is 389 g/mol. The molecule has 0 saturated heterocycles. The van der Waals surface area contributed by atoms with Crippen molar-refractivity contribution >= 4 is 19.2 Å². The molecule has 4 heteroatoms. The minimum atomic E-state index is -0.0259. The Morgan fingerprint density at radius 3 is 2.27 bits per heavy atom. The van der Waals surface area contributed by atoms with Gasteiger partial charge in [0.2, 0.25) is 0 Å². The zero-order valence-electron chi connectivity index (χ0n) is 20.3. The Bertz CT molecular complexity index is 847. The summed E-state index contributed by atoms with van der Waals surface area (Å²) in [5.41, 5.74) is 5.34. The van der Waals surface area contributed by atoms with Gasteiger partial charge in [0.1, 0.15) is 5.75 Å². The molecule has 1 atom stereocenters. The molecule has 0 amide bonds. The second-order valence-corrected chi connectivity index (χ2v) is 11.3. The van der Waals surface area contributed by atoms with Crippen molar-refractivity contribution in [3.63, 3.8) is 0 Å². The molecule has 0 saturated carbocycles. The summed E-state index contributed by atoms with van der Waals surface area (Å²) in [7, 11) is 2.20. The number of rotatable bonds is 8. The van der Waals surface area contributed by atoms with Gasteiger partial charge in [0, 0.05) is 24.5 Å². The maximum atomic E-state index is 6.21. The first-order valence-electron chi connectivity index (χ1n) is 10.9. The Labute approximate surface area is 185 Å². The zero-order valence-corrected chi connectivity index (χ0v) is 21.3. The predicted octanol–water partition coefficient (Wildman–Crippen LogP) is 5.31. The number of nitrogens with one attached hydrogen (secondary N) is 1. The lowest BCUT2D eigenvalue weighted by atomic mass is 9.80. The van der Waals surface area contributed by atoms with E-state index in [0.29, 0.717) is 8.58 Å². The lowest BCUT2D eigenvalue weighted by Gasteiger charge is -2.29. The minimum Gasteiger partial charge on any atom is -0.467 e. The van der Waals surface area contributed by atoms with E-state index in [9.17, 15) is 0 Å². The van der Waals surface area contributed by atoms with E-state index in [2.05, 4.69) is 91.0 Å². The third-order valence-corrected chi connectivity index (χ3v) is 6.87. The monoisotopic (exact) mass is 429 g/mol. The number of aryl methyl sites for hydroxylation is 1. The van der Waals surface area contributed by atoms with E-state index >= 15 is 0 Å². The van der Waals surface area contributed by atoms with Crippen molar-refractivity contribution in [2.24, 2.45) is 0 Å². The van der Waals surface area contributed by atoms with Crippen LogP contribution in [0, 0.1) is 6.92 Å². The normalized spacial score (nSPS) is 12.7. The van der Waals surface area contributed by atoms with Crippen LogP contribution in [0.3, 0.4) is 0 Å². The highest BCUT2D eigenvalue weighted by molar-refractivity contribution is 7.56. The second kappa shape index (κ2) is 10.3. The average Bonchev–Trinajstić information content (AvgIpc) is 2.65. The standard InChI is InChI=1S/C26H40NO2P/c1-10-27-16-19-13-11-12-18(2)24(19)30-22-15-20(25(3,4)5)14-21(26(6,7)8)23(22)29-17-28-9/h11-15,27,30H,10,16-17H2,1-9H3. The van der Waals surface area contributed by atoms with E-state index in [1.165, 1.54) is 32.9 Å². The maximum Gasteiger partial charge on any atom is 0.188 e. The van der Waals surface area contributed by atoms with E-state index < -0.39 is 0 Å². The van der Waals surface area contributed by atoms with Crippen LogP contribution in [0.5, 0.6) is 5.75 Å². The molecule has 1 N–H and O–H groups in total. The van der Waals surface area contributed by atoms with Crippen LogP contribution in [-0.2, 0) is 22.1 Å². The number of hydrogen-bond acceptors (Lipinski definition) is 3. The van der Waals surface area contributed by atoms with E-state index in [-0.39, 0.29) is 17.6 Å². The summed E-state index contributed by atoms with van der Waals surface area (Å²) in [5.74, 6) is 0.980. The van der Waals surface area contributed by atoms with E-state index in [1.807, 2.05) is 0 Å². The lowest BCUT2D eigenvalue weighted by Crippen LogP contribution is -2.25. The van der Waals surface area contributed by atoms with Crippen molar-refractivity contribution in [3.05, 3.63) is 52.6 Å². The third kappa shape index (κ3) is 6.30. The first-order chi connectivity index (χ1) is 14.0. The molecule has 0 aliphatic carbocycles. The maximum absolute atomic E-state index is 6.21. The van der Waals surface area contributed by atoms with Crippen molar-refractivity contribution in [3.8, 4) is 5.75 Å². The summed E-state index contributed by atoms with van der Waals surface area (Å²) in [5, 5.41) is 6.16. The first-order valence-corrected chi connectivity index (χ1v) is 11.9. The quantitative estimate of drug-likeness (QED) is 0.456. The van der Waals surface area contributed by atoms with Gasteiger partial charge in [-0.15, -0.1) is 0 Å². The Hall–Kier alpha value is -1.41. The molecule has 3 nitrogen and oxygen atoms in total. The van der Waals surface area contributed by atoms with Crippen LogP contribution < -0.4 is 20.7 Å².